The van der Waals surface area contributed by atoms with Crippen LogP contribution in [0, 0.1) is 13.8 Å². The van der Waals surface area contributed by atoms with Crippen LogP contribution in [0.3, 0.4) is 0 Å². The van der Waals surface area contributed by atoms with Crippen LogP contribution >= 0.6 is 11.3 Å². The molecule has 1 aromatic carbocycles. The zero-order valence-electron chi connectivity index (χ0n) is 19.9. The van der Waals surface area contributed by atoms with Gasteiger partial charge in [-0.05, 0) is 43.8 Å². The fraction of sp³-hybridized carbons (Fsp3) is 0.320. The lowest BCUT2D eigenvalue weighted by Crippen LogP contribution is -2.35. The summed E-state index contributed by atoms with van der Waals surface area (Å²) < 4.78 is 12.8. The van der Waals surface area contributed by atoms with Gasteiger partial charge in [-0.15, -0.1) is 21.5 Å². The number of amides is 1. The maximum atomic E-state index is 12.8. The molecule has 182 valence electrons. The van der Waals surface area contributed by atoms with E-state index in [-0.39, 0.29) is 25.5 Å². The number of carbonyl (C=O) groups is 2. The molecule has 10 heteroatoms. The molecule has 0 aliphatic carbocycles. The smallest absolute Gasteiger partial charge is 0.310 e. The van der Waals surface area contributed by atoms with Crippen molar-refractivity contribution in [1.82, 2.24) is 24.9 Å². The third-order valence-electron chi connectivity index (χ3n) is 5.49. The van der Waals surface area contributed by atoms with Gasteiger partial charge in [-0.3, -0.25) is 9.59 Å². The molecule has 0 unspecified atom stereocenters. The number of para-hydroxylation sites is 1. The Kier molecular flexibility index (Phi) is 7.71. The van der Waals surface area contributed by atoms with Gasteiger partial charge in [0.05, 0.1) is 29.2 Å². The van der Waals surface area contributed by atoms with Crippen LogP contribution in [-0.4, -0.2) is 49.9 Å². The molecule has 0 aliphatic heterocycles. The Morgan fingerprint density at radius 2 is 1.91 bits per heavy atom. The van der Waals surface area contributed by atoms with Crippen molar-refractivity contribution in [2.45, 2.75) is 40.2 Å². The van der Waals surface area contributed by atoms with Gasteiger partial charge in [0.15, 0.2) is 6.61 Å². The SMILES string of the molecule is CCCN(Cc1nnc(-c2cccs2)o1)C(=O)COC(=O)Cc1c(C)nn(-c2ccccc2)c1C. The summed E-state index contributed by atoms with van der Waals surface area (Å²) in [6.07, 6.45) is 0.780. The lowest BCUT2D eigenvalue weighted by molar-refractivity contribution is -0.151. The Morgan fingerprint density at radius 1 is 1.11 bits per heavy atom. The molecule has 0 saturated carbocycles. The Balaban J connectivity index is 1.35. The Labute approximate surface area is 207 Å². The van der Waals surface area contributed by atoms with E-state index in [4.69, 9.17) is 9.15 Å². The van der Waals surface area contributed by atoms with Crippen LogP contribution in [0.4, 0.5) is 0 Å². The number of aromatic nitrogens is 4. The maximum absolute atomic E-state index is 12.8. The standard InChI is InChI=1S/C25H27N5O4S/c1-4-12-29(15-22-26-27-25(34-22)21-11-8-13-35-21)23(31)16-33-24(32)14-20-17(2)28-30(18(20)3)19-9-6-5-7-10-19/h5-11,13H,4,12,14-16H2,1-3H3. The van der Waals surface area contributed by atoms with Gasteiger partial charge in [-0.25, -0.2) is 4.68 Å². The Hall–Kier alpha value is -3.79. The number of carbonyl (C=O) groups excluding carboxylic acids is 2. The van der Waals surface area contributed by atoms with Crippen LogP contribution in [0.2, 0.25) is 0 Å². The van der Waals surface area contributed by atoms with Crippen LogP contribution in [0.1, 0.15) is 36.2 Å². The highest BCUT2D eigenvalue weighted by Gasteiger charge is 2.21. The first-order valence-corrected chi connectivity index (χ1v) is 12.2. The molecule has 0 radical (unpaired) electrons. The number of nitrogens with zero attached hydrogens (tertiary/aromatic N) is 5. The van der Waals surface area contributed by atoms with Crippen molar-refractivity contribution in [3.05, 3.63) is 70.7 Å². The van der Waals surface area contributed by atoms with Crippen LogP contribution < -0.4 is 0 Å². The van der Waals surface area contributed by atoms with E-state index in [9.17, 15) is 9.59 Å². The summed E-state index contributed by atoms with van der Waals surface area (Å²) in [6, 6.07) is 13.5. The summed E-state index contributed by atoms with van der Waals surface area (Å²) in [5, 5.41) is 14.6. The van der Waals surface area contributed by atoms with E-state index in [0.717, 1.165) is 33.9 Å². The first-order valence-electron chi connectivity index (χ1n) is 11.4. The maximum Gasteiger partial charge on any atom is 0.310 e. The van der Waals surface area contributed by atoms with Gasteiger partial charge in [0.2, 0.25) is 5.89 Å². The van der Waals surface area contributed by atoms with Gasteiger partial charge in [0.25, 0.3) is 11.8 Å². The largest absolute Gasteiger partial charge is 0.455 e. The quantitative estimate of drug-likeness (QED) is 0.306. The van der Waals surface area contributed by atoms with Crippen LogP contribution in [0.15, 0.2) is 52.3 Å². The van der Waals surface area contributed by atoms with Crippen LogP contribution in [-0.2, 0) is 27.3 Å². The lowest BCUT2D eigenvalue weighted by Gasteiger charge is -2.20. The molecule has 4 rings (SSSR count). The second-order valence-corrected chi connectivity index (χ2v) is 8.98. The van der Waals surface area contributed by atoms with E-state index < -0.39 is 5.97 Å². The highest BCUT2D eigenvalue weighted by Crippen LogP contribution is 2.23. The summed E-state index contributed by atoms with van der Waals surface area (Å²) in [5.41, 5.74) is 3.33. The number of esters is 1. The Morgan fingerprint density at radius 3 is 2.63 bits per heavy atom. The zero-order chi connectivity index (χ0) is 24.8. The second-order valence-electron chi connectivity index (χ2n) is 8.03. The molecule has 9 nitrogen and oxygen atoms in total. The number of benzene rings is 1. The summed E-state index contributed by atoms with van der Waals surface area (Å²) in [4.78, 5) is 27.8. The molecule has 35 heavy (non-hydrogen) atoms. The van der Waals surface area contributed by atoms with E-state index in [2.05, 4.69) is 15.3 Å². The molecule has 1 amide bonds. The first kappa shape index (κ1) is 24.3. The van der Waals surface area contributed by atoms with Gasteiger partial charge in [0, 0.05) is 17.8 Å². The van der Waals surface area contributed by atoms with Gasteiger partial charge >= 0.3 is 5.97 Å². The van der Waals surface area contributed by atoms with E-state index in [1.54, 1.807) is 9.58 Å². The topological polar surface area (TPSA) is 103 Å². The second kappa shape index (κ2) is 11.1. The Bertz CT molecular complexity index is 1280. The number of hydrogen-bond acceptors (Lipinski definition) is 8. The highest BCUT2D eigenvalue weighted by atomic mass is 32.1. The third-order valence-corrected chi connectivity index (χ3v) is 6.35. The van der Waals surface area contributed by atoms with Gasteiger partial charge in [-0.1, -0.05) is 31.2 Å². The minimum Gasteiger partial charge on any atom is -0.455 e. The van der Waals surface area contributed by atoms with Crippen molar-refractivity contribution in [3.8, 4) is 16.5 Å². The van der Waals surface area contributed by atoms with Crippen molar-refractivity contribution in [2.75, 3.05) is 13.2 Å². The molecule has 0 bridgehead atoms. The molecule has 3 heterocycles. The van der Waals surface area contributed by atoms with Crippen molar-refractivity contribution in [1.29, 1.82) is 0 Å². The molecular weight excluding hydrogens is 466 g/mol. The normalized spacial score (nSPS) is 10.9. The molecule has 0 aliphatic rings. The molecule has 0 saturated heterocycles. The van der Waals surface area contributed by atoms with E-state index >= 15 is 0 Å². The molecule has 0 fully saturated rings. The van der Waals surface area contributed by atoms with Crippen LogP contribution in [0.5, 0.6) is 0 Å². The predicted octanol–water partition coefficient (Wildman–Crippen LogP) is 4.13. The number of hydrogen-bond donors (Lipinski definition) is 0. The fourth-order valence-corrected chi connectivity index (χ4v) is 4.37. The van der Waals surface area contributed by atoms with Gasteiger partial charge < -0.3 is 14.1 Å². The van der Waals surface area contributed by atoms with Crippen molar-refractivity contribution >= 4 is 23.2 Å². The number of rotatable bonds is 10. The molecule has 3 aromatic heterocycles. The van der Waals surface area contributed by atoms with Crippen molar-refractivity contribution < 1.29 is 18.7 Å². The summed E-state index contributed by atoms with van der Waals surface area (Å²) >= 11 is 1.50. The third kappa shape index (κ3) is 5.83. The molecule has 0 spiro atoms. The monoisotopic (exact) mass is 493 g/mol. The van der Waals surface area contributed by atoms with Crippen LogP contribution in [0.25, 0.3) is 16.5 Å². The average molecular weight is 494 g/mol. The first-order chi connectivity index (χ1) is 17.0. The average Bonchev–Trinajstić information content (AvgIpc) is 3.61. The van der Waals surface area contributed by atoms with Crippen molar-refractivity contribution in [2.24, 2.45) is 0 Å². The van der Waals surface area contributed by atoms with Gasteiger partial charge in [0.1, 0.15) is 0 Å². The van der Waals surface area contributed by atoms with E-state index in [1.165, 1.54) is 11.3 Å². The number of aryl methyl sites for hydroxylation is 1. The number of ether oxygens (including phenoxy) is 1. The molecule has 0 N–H and O–H groups in total. The highest BCUT2D eigenvalue weighted by molar-refractivity contribution is 7.13. The summed E-state index contributed by atoms with van der Waals surface area (Å²) in [6.45, 7) is 6.03. The zero-order valence-corrected chi connectivity index (χ0v) is 20.7. The summed E-state index contributed by atoms with van der Waals surface area (Å²) in [7, 11) is 0. The lowest BCUT2D eigenvalue weighted by atomic mass is 10.1. The summed E-state index contributed by atoms with van der Waals surface area (Å²) in [5.74, 6) is -0.0379. The van der Waals surface area contributed by atoms with Crippen molar-refractivity contribution in [3.63, 3.8) is 0 Å². The minimum atomic E-state index is -0.480. The van der Waals surface area contributed by atoms with E-state index in [0.29, 0.717) is 18.3 Å². The van der Waals surface area contributed by atoms with E-state index in [1.807, 2.05) is 68.6 Å². The predicted molar refractivity (Wildman–Crippen MR) is 131 cm³/mol. The van der Waals surface area contributed by atoms with Gasteiger partial charge in [-0.2, -0.15) is 5.10 Å². The molecule has 4 aromatic rings. The minimum absolute atomic E-state index is 0.0411. The number of thiophene rings is 1. The molecular formula is C25H27N5O4S. The molecule has 0 atom stereocenters. The fourth-order valence-electron chi connectivity index (χ4n) is 3.72.